The summed E-state index contributed by atoms with van der Waals surface area (Å²) >= 11 is 0. The average molecular weight is 145 g/mol. The zero-order valence-corrected chi connectivity index (χ0v) is 7.04. The summed E-state index contributed by atoms with van der Waals surface area (Å²) in [7, 11) is 0. The Morgan fingerprint density at radius 2 is 1.73 bits per heavy atom. The van der Waals surface area contributed by atoms with Crippen LogP contribution in [0.15, 0.2) is 36.4 Å². The maximum Gasteiger partial charge on any atom is 0.00784 e. The summed E-state index contributed by atoms with van der Waals surface area (Å²) in [6.45, 7) is 9.71. The number of hydrogen-bond donors (Lipinski definition) is 0. The molecule has 1 radical (unpaired) electrons. The molecule has 0 heterocycles. The summed E-state index contributed by atoms with van der Waals surface area (Å²) in [4.78, 5) is 0. The molecule has 0 amide bonds. The van der Waals surface area contributed by atoms with Gasteiger partial charge in [-0.1, -0.05) is 56.8 Å². The van der Waals surface area contributed by atoms with E-state index in [2.05, 4.69) is 26.0 Å². The molecule has 0 atom stereocenters. The molecule has 0 spiro atoms. The van der Waals surface area contributed by atoms with Crippen LogP contribution in [0.2, 0.25) is 0 Å². The Bertz CT molecular complexity index is 231. The standard InChI is InChI=1S/C11H13/c1-4-11(2,3)10-8-6-5-7-9-10/h1,4-9H,2-3H3. The van der Waals surface area contributed by atoms with Crippen LogP contribution >= 0.6 is 0 Å². The van der Waals surface area contributed by atoms with E-state index in [0.717, 1.165) is 0 Å². The van der Waals surface area contributed by atoms with Crippen LogP contribution in [-0.2, 0) is 5.41 Å². The largest absolute Gasteiger partial charge is 0.0745 e. The van der Waals surface area contributed by atoms with Gasteiger partial charge >= 0.3 is 0 Å². The van der Waals surface area contributed by atoms with Gasteiger partial charge in [-0.25, -0.2) is 0 Å². The molecule has 0 aliphatic carbocycles. The van der Waals surface area contributed by atoms with Gasteiger partial charge in [-0.05, 0) is 5.56 Å². The molecule has 57 valence electrons. The van der Waals surface area contributed by atoms with Gasteiger partial charge in [0.15, 0.2) is 0 Å². The topological polar surface area (TPSA) is 0 Å². The molecule has 0 saturated carbocycles. The Hall–Kier alpha value is -1.04. The van der Waals surface area contributed by atoms with E-state index in [-0.39, 0.29) is 5.41 Å². The van der Waals surface area contributed by atoms with Crippen molar-refractivity contribution in [2.24, 2.45) is 0 Å². The minimum atomic E-state index is -0.0126. The third kappa shape index (κ3) is 1.70. The minimum Gasteiger partial charge on any atom is -0.0745 e. The molecule has 0 saturated heterocycles. The maximum absolute atomic E-state index is 5.51. The van der Waals surface area contributed by atoms with Crippen molar-refractivity contribution >= 4 is 0 Å². The fourth-order valence-corrected chi connectivity index (χ4v) is 0.964. The summed E-state index contributed by atoms with van der Waals surface area (Å²) < 4.78 is 0. The van der Waals surface area contributed by atoms with Crippen molar-refractivity contribution in [3.63, 3.8) is 0 Å². The first-order chi connectivity index (χ1) is 5.17. The van der Waals surface area contributed by atoms with Gasteiger partial charge in [0.2, 0.25) is 0 Å². The summed E-state index contributed by atoms with van der Waals surface area (Å²) in [5.41, 5.74) is 1.24. The molecule has 0 aliphatic heterocycles. The van der Waals surface area contributed by atoms with E-state index in [0.29, 0.717) is 0 Å². The molecule has 0 heteroatoms. The van der Waals surface area contributed by atoms with Crippen molar-refractivity contribution in [2.75, 3.05) is 0 Å². The van der Waals surface area contributed by atoms with E-state index < -0.39 is 0 Å². The Labute approximate surface area is 68.6 Å². The van der Waals surface area contributed by atoms with E-state index in [1.165, 1.54) is 5.56 Å². The van der Waals surface area contributed by atoms with Crippen molar-refractivity contribution in [1.29, 1.82) is 0 Å². The Morgan fingerprint density at radius 3 is 2.18 bits per heavy atom. The van der Waals surface area contributed by atoms with Crippen molar-refractivity contribution in [3.8, 4) is 0 Å². The van der Waals surface area contributed by atoms with E-state index in [1.807, 2.05) is 18.2 Å². The highest BCUT2D eigenvalue weighted by Gasteiger charge is 2.14. The fraction of sp³-hybridized carbons (Fsp3) is 0.273. The second-order valence-electron chi connectivity index (χ2n) is 3.25. The van der Waals surface area contributed by atoms with Gasteiger partial charge < -0.3 is 0 Å². The predicted molar refractivity (Wildman–Crippen MR) is 48.3 cm³/mol. The van der Waals surface area contributed by atoms with E-state index >= 15 is 0 Å². The first-order valence-electron chi connectivity index (χ1n) is 3.78. The van der Waals surface area contributed by atoms with Crippen LogP contribution in [0, 0.1) is 6.58 Å². The van der Waals surface area contributed by atoms with Crippen LogP contribution in [0.25, 0.3) is 0 Å². The molecule has 0 unspecified atom stereocenters. The van der Waals surface area contributed by atoms with Crippen LogP contribution in [0.4, 0.5) is 0 Å². The third-order valence-electron chi connectivity index (χ3n) is 1.93. The first-order valence-corrected chi connectivity index (χ1v) is 3.78. The molecule has 0 aromatic heterocycles. The number of hydrogen-bond acceptors (Lipinski definition) is 0. The Balaban J connectivity index is 3.02. The van der Waals surface area contributed by atoms with Gasteiger partial charge in [-0.2, -0.15) is 0 Å². The Kier molecular flexibility index (Phi) is 2.13. The van der Waals surface area contributed by atoms with E-state index in [9.17, 15) is 0 Å². The lowest BCUT2D eigenvalue weighted by Gasteiger charge is -2.19. The maximum atomic E-state index is 5.51. The highest BCUT2D eigenvalue weighted by molar-refractivity contribution is 5.27. The zero-order valence-electron chi connectivity index (χ0n) is 7.04. The molecule has 0 N–H and O–H groups in total. The highest BCUT2D eigenvalue weighted by Crippen LogP contribution is 2.22. The van der Waals surface area contributed by atoms with Crippen molar-refractivity contribution < 1.29 is 0 Å². The number of allylic oxidation sites excluding steroid dienone is 1. The second-order valence-corrected chi connectivity index (χ2v) is 3.25. The van der Waals surface area contributed by atoms with Crippen LogP contribution < -0.4 is 0 Å². The molecule has 0 bridgehead atoms. The van der Waals surface area contributed by atoms with Gasteiger partial charge in [-0.15, -0.1) is 0 Å². The van der Waals surface area contributed by atoms with Crippen LogP contribution in [0.3, 0.4) is 0 Å². The second kappa shape index (κ2) is 2.91. The summed E-state index contributed by atoms with van der Waals surface area (Å²) in [6.07, 6.45) is 1.72. The molecule has 1 aromatic carbocycles. The average Bonchev–Trinajstić information content (AvgIpc) is 2.06. The van der Waals surface area contributed by atoms with Crippen molar-refractivity contribution in [3.05, 3.63) is 48.6 Å². The fourth-order valence-electron chi connectivity index (χ4n) is 0.964. The molecule has 0 fully saturated rings. The normalized spacial score (nSPS) is 11.1. The predicted octanol–water partition coefficient (Wildman–Crippen LogP) is 2.95. The quantitative estimate of drug-likeness (QED) is 0.600. The van der Waals surface area contributed by atoms with Gasteiger partial charge in [-0.3, -0.25) is 0 Å². The zero-order chi connectivity index (χ0) is 8.32. The first kappa shape index (κ1) is 8.06. The molecule has 0 nitrogen and oxygen atoms in total. The molecule has 0 aliphatic rings. The third-order valence-corrected chi connectivity index (χ3v) is 1.93. The van der Waals surface area contributed by atoms with Gasteiger partial charge in [0.05, 0.1) is 0 Å². The number of benzene rings is 1. The van der Waals surface area contributed by atoms with Gasteiger partial charge in [0.1, 0.15) is 0 Å². The molecule has 1 aromatic rings. The van der Waals surface area contributed by atoms with Crippen LogP contribution in [0.1, 0.15) is 19.4 Å². The molecular formula is C11H13. The van der Waals surface area contributed by atoms with Gasteiger partial charge in [0, 0.05) is 5.41 Å². The van der Waals surface area contributed by atoms with Gasteiger partial charge in [0.25, 0.3) is 0 Å². The van der Waals surface area contributed by atoms with E-state index in [1.54, 1.807) is 6.08 Å². The molecular weight excluding hydrogens is 132 g/mol. The SMILES string of the molecule is [CH]=CC(C)(C)c1ccccc1. The van der Waals surface area contributed by atoms with E-state index in [4.69, 9.17) is 6.58 Å². The monoisotopic (exact) mass is 145 g/mol. The molecule has 1 rings (SSSR count). The highest BCUT2D eigenvalue weighted by atomic mass is 14.2. The summed E-state index contributed by atoms with van der Waals surface area (Å²) in [5, 5.41) is 0. The van der Waals surface area contributed by atoms with Crippen molar-refractivity contribution in [2.45, 2.75) is 19.3 Å². The lowest BCUT2D eigenvalue weighted by atomic mass is 9.85. The van der Waals surface area contributed by atoms with Crippen LogP contribution in [0.5, 0.6) is 0 Å². The smallest absolute Gasteiger partial charge is 0.00784 e. The molecule has 11 heavy (non-hydrogen) atoms. The summed E-state index contributed by atoms with van der Waals surface area (Å²) in [6, 6.07) is 10.2. The lowest BCUT2D eigenvalue weighted by Crippen LogP contribution is -2.12. The lowest BCUT2D eigenvalue weighted by molar-refractivity contribution is 0.670. The minimum absolute atomic E-state index is 0.0126. The number of rotatable bonds is 2. The summed E-state index contributed by atoms with van der Waals surface area (Å²) in [5.74, 6) is 0. The Morgan fingerprint density at radius 1 is 1.18 bits per heavy atom. The van der Waals surface area contributed by atoms with Crippen LogP contribution in [-0.4, -0.2) is 0 Å². The van der Waals surface area contributed by atoms with Crippen molar-refractivity contribution in [1.82, 2.24) is 0 Å².